The molecule has 19 heavy (non-hydrogen) atoms. The highest BCUT2D eigenvalue weighted by molar-refractivity contribution is 6.36. The molecule has 1 aromatic heterocycles. The van der Waals surface area contributed by atoms with Crippen LogP contribution in [0.15, 0.2) is 24.5 Å². The lowest BCUT2D eigenvalue weighted by molar-refractivity contribution is -0.116. The molecule has 0 bridgehead atoms. The third-order valence-electron chi connectivity index (χ3n) is 2.15. The average molecular weight is 296 g/mol. The summed E-state index contributed by atoms with van der Waals surface area (Å²) in [4.78, 5) is 15.4. The molecule has 0 saturated heterocycles. The number of anilines is 1. The SMILES string of the molecule is N#Cc1ncn(CC(=O)Nc2ccc(Cl)cc2Cl)n1. The third kappa shape index (κ3) is 3.44. The van der Waals surface area contributed by atoms with Crippen LogP contribution in [0.2, 0.25) is 10.0 Å². The van der Waals surface area contributed by atoms with Gasteiger partial charge in [-0.05, 0) is 18.2 Å². The van der Waals surface area contributed by atoms with Crippen LogP contribution >= 0.6 is 23.2 Å². The Kier molecular flexibility index (Phi) is 4.00. The van der Waals surface area contributed by atoms with Gasteiger partial charge in [-0.2, -0.15) is 5.26 Å². The number of nitriles is 1. The molecule has 8 heteroatoms. The zero-order valence-corrected chi connectivity index (χ0v) is 11.0. The first-order chi connectivity index (χ1) is 9.08. The lowest BCUT2D eigenvalue weighted by atomic mass is 10.3. The van der Waals surface area contributed by atoms with Crippen molar-refractivity contribution in [3.05, 3.63) is 40.4 Å². The molecule has 2 aromatic rings. The number of carbonyl (C=O) groups excluding carboxylic acids is 1. The normalized spacial score (nSPS) is 9.95. The highest BCUT2D eigenvalue weighted by atomic mass is 35.5. The van der Waals surface area contributed by atoms with Crippen LogP contribution in [0, 0.1) is 11.3 Å². The van der Waals surface area contributed by atoms with Crippen LogP contribution in [0.5, 0.6) is 0 Å². The summed E-state index contributed by atoms with van der Waals surface area (Å²) >= 11 is 11.7. The quantitative estimate of drug-likeness (QED) is 0.940. The van der Waals surface area contributed by atoms with E-state index in [-0.39, 0.29) is 18.3 Å². The van der Waals surface area contributed by atoms with E-state index in [0.717, 1.165) is 0 Å². The van der Waals surface area contributed by atoms with E-state index >= 15 is 0 Å². The van der Waals surface area contributed by atoms with Gasteiger partial charge in [-0.3, -0.25) is 4.79 Å². The van der Waals surface area contributed by atoms with E-state index in [1.165, 1.54) is 17.1 Å². The van der Waals surface area contributed by atoms with E-state index in [1.807, 2.05) is 0 Å². The number of rotatable bonds is 3. The number of benzene rings is 1. The van der Waals surface area contributed by atoms with Crippen LogP contribution in [0.1, 0.15) is 5.82 Å². The summed E-state index contributed by atoms with van der Waals surface area (Å²) in [5, 5.41) is 15.8. The van der Waals surface area contributed by atoms with Gasteiger partial charge in [0.15, 0.2) is 0 Å². The van der Waals surface area contributed by atoms with E-state index in [4.69, 9.17) is 28.5 Å². The maximum absolute atomic E-state index is 11.7. The van der Waals surface area contributed by atoms with Crippen molar-refractivity contribution in [3.8, 4) is 6.07 Å². The summed E-state index contributed by atoms with van der Waals surface area (Å²) in [6.45, 7) is -0.0619. The van der Waals surface area contributed by atoms with Gasteiger partial charge >= 0.3 is 0 Å². The molecule has 96 valence electrons. The minimum absolute atomic E-state index is 0.0114. The summed E-state index contributed by atoms with van der Waals surface area (Å²) < 4.78 is 1.26. The van der Waals surface area contributed by atoms with Crippen molar-refractivity contribution >= 4 is 34.8 Å². The maximum Gasteiger partial charge on any atom is 0.252 e. The fraction of sp³-hybridized carbons (Fsp3) is 0.0909. The standard InChI is InChI=1S/C11H7Cl2N5O/c12-7-1-2-9(8(13)3-7)16-11(19)5-18-6-15-10(4-14)17-18/h1-3,6H,5H2,(H,16,19). The Hall–Kier alpha value is -2.10. The molecule has 0 aliphatic heterocycles. The summed E-state index contributed by atoms with van der Waals surface area (Å²) in [6, 6.07) is 6.52. The molecule has 1 N–H and O–H groups in total. The minimum atomic E-state index is -0.335. The van der Waals surface area contributed by atoms with Gasteiger partial charge in [-0.15, -0.1) is 5.10 Å². The summed E-state index contributed by atoms with van der Waals surface area (Å²) in [7, 11) is 0. The first-order valence-electron chi connectivity index (χ1n) is 5.13. The molecule has 0 radical (unpaired) electrons. The van der Waals surface area contributed by atoms with Crippen LogP contribution in [-0.2, 0) is 11.3 Å². The number of aromatic nitrogens is 3. The first-order valence-corrected chi connectivity index (χ1v) is 5.88. The second-order valence-electron chi connectivity index (χ2n) is 3.55. The zero-order chi connectivity index (χ0) is 13.8. The van der Waals surface area contributed by atoms with Crippen LogP contribution in [-0.4, -0.2) is 20.7 Å². The van der Waals surface area contributed by atoms with Gasteiger partial charge in [0.1, 0.15) is 18.9 Å². The fourth-order valence-corrected chi connectivity index (χ4v) is 1.81. The van der Waals surface area contributed by atoms with Crippen molar-refractivity contribution in [2.75, 3.05) is 5.32 Å². The molecule has 0 spiro atoms. The van der Waals surface area contributed by atoms with Crippen LogP contribution in [0.4, 0.5) is 5.69 Å². The van der Waals surface area contributed by atoms with Crippen molar-refractivity contribution in [1.29, 1.82) is 5.26 Å². The lowest BCUT2D eigenvalue weighted by Gasteiger charge is -2.07. The van der Waals surface area contributed by atoms with E-state index < -0.39 is 0 Å². The maximum atomic E-state index is 11.7. The van der Waals surface area contributed by atoms with E-state index in [2.05, 4.69) is 15.4 Å². The van der Waals surface area contributed by atoms with E-state index in [9.17, 15) is 4.79 Å². The van der Waals surface area contributed by atoms with Crippen LogP contribution < -0.4 is 5.32 Å². The van der Waals surface area contributed by atoms with Crippen molar-refractivity contribution in [2.45, 2.75) is 6.54 Å². The van der Waals surface area contributed by atoms with Crippen molar-refractivity contribution < 1.29 is 4.79 Å². The zero-order valence-electron chi connectivity index (χ0n) is 9.47. The van der Waals surface area contributed by atoms with Gasteiger partial charge in [0.2, 0.25) is 5.91 Å². The number of carbonyl (C=O) groups is 1. The predicted octanol–water partition coefficient (Wildman–Crippen LogP) is 2.10. The number of hydrogen-bond acceptors (Lipinski definition) is 4. The van der Waals surface area contributed by atoms with Gasteiger partial charge in [0, 0.05) is 5.02 Å². The Morgan fingerprint density at radius 3 is 2.89 bits per heavy atom. The Bertz CT molecular complexity index is 661. The van der Waals surface area contributed by atoms with Gasteiger partial charge in [0.25, 0.3) is 5.82 Å². The predicted molar refractivity (Wildman–Crippen MR) is 69.8 cm³/mol. The molecule has 2 rings (SSSR count). The Labute approximate surface area is 118 Å². The summed E-state index contributed by atoms with van der Waals surface area (Å²) in [5.41, 5.74) is 0.455. The second kappa shape index (κ2) is 5.69. The number of amides is 1. The smallest absolute Gasteiger partial charge is 0.252 e. The monoisotopic (exact) mass is 295 g/mol. The largest absolute Gasteiger partial charge is 0.323 e. The molecule has 0 fully saturated rings. The highest BCUT2D eigenvalue weighted by Crippen LogP contribution is 2.25. The number of nitrogens with zero attached hydrogens (tertiary/aromatic N) is 4. The fourth-order valence-electron chi connectivity index (χ4n) is 1.35. The van der Waals surface area contributed by atoms with Gasteiger partial charge < -0.3 is 5.32 Å². The Morgan fingerprint density at radius 2 is 2.26 bits per heavy atom. The lowest BCUT2D eigenvalue weighted by Crippen LogP contribution is -2.19. The molecule has 1 aromatic carbocycles. The number of halogens is 2. The molecule has 0 aliphatic rings. The third-order valence-corrected chi connectivity index (χ3v) is 2.70. The molecule has 1 amide bonds. The molecule has 0 aliphatic carbocycles. The molecular formula is C11H7Cl2N5O. The summed E-state index contributed by atoms with van der Waals surface area (Å²) in [5.74, 6) is -0.323. The average Bonchev–Trinajstić information content (AvgIpc) is 2.80. The molecule has 1 heterocycles. The van der Waals surface area contributed by atoms with Crippen molar-refractivity contribution in [1.82, 2.24) is 14.8 Å². The minimum Gasteiger partial charge on any atom is -0.323 e. The first kappa shape index (κ1) is 13.3. The van der Waals surface area contributed by atoms with Gasteiger partial charge in [0.05, 0.1) is 10.7 Å². The van der Waals surface area contributed by atoms with Crippen molar-refractivity contribution in [3.63, 3.8) is 0 Å². The summed E-state index contributed by atoms with van der Waals surface area (Å²) in [6.07, 6.45) is 1.31. The van der Waals surface area contributed by atoms with Crippen LogP contribution in [0.3, 0.4) is 0 Å². The molecule has 0 saturated carbocycles. The number of hydrogen-bond donors (Lipinski definition) is 1. The van der Waals surface area contributed by atoms with Gasteiger partial charge in [-0.1, -0.05) is 23.2 Å². The van der Waals surface area contributed by atoms with E-state index in [1.54, 1.807) is 18.2 Å². The molecule has 6 nitrogen and oxygen atoms in total. The second-order valence-corrected chi connectivity index (χ2v) is 4.39. The Balaban J connectivity index is 2.03. The van der Waals surface area contributed by atoms with Crippen LogP contribution in [0.25, 0.3) is 0 Å². The molecular weight excluding hydrogens is 289 g/mol. The Morgan fingerprint density at radius 1 is 1.47 bits per heavy atom. The molecule has 0 atom stereocenters. The highest BCUT2D eigenvalue weighted by Gasteiger charge is 2.08. The molecule has 0 unspecified atom stereocenters. The number of nitrogens with one attached hydrogen (secondary N) is 1. The topological polar surface area (TPSA) is 83.6 Å². The van der Waals surface area contributed by atoms with E-state index in [0.29, 0.717) is 15.7 Å². The van der Waals surface area contributed by atoms with Gasteiger partial charge in [-0.25, -0.2) is 9.67 Å². The van der Waals surface area contributed by atoms with Crippen molar-refractivity contribution in [2.24, 2.45) is 0 Å².